The topological polar surface area (TPSA) is 98.7 Å². The Morgan fingerprint density at radius 2 is 1.94 bits per heavy atom. The highest BCUT2D eigenvalue weighted by Gasteiger charge is 2.21. The van der Waals surface area contributed by atoms with Gasteiger partial charge in [0.05, 0.1) is 17.6 Å². The molecule has 5 rings (SSSR count). The normalized spacial score (nSPS) is 11.3. The lowest BCUT2D eigenvalue weighted by Gasteiger charge is -2.06. The van der Waals surface area contributed by atoms with Gasteiger partial charge in [-0.3, -0.25) is 9.48 Å². The van der Waals surface area contributed by atoms with Gasteiger partial charge in [0.25, 0.3) is 5.91 Å². The van der Waals surface area contributed by atoms with E-state index in [4.69, 9.17) is 4.42 Å². The third kappa shape index (κ3) is 3.64. The number of benzene rings is 1. The van der Waals surface area contributed by atoms with Crippen molar-refractivity contribution >= 4 is 45.4 Å². The van der Waals surface area contributed by atoms with E-state index in [1.807, 2.05) is 44.3 Å². The van der Waals surface area contributed by atoms with Crippen molar-refractivity contribution in [2.75, 3.05) is 5.32 Å². The van der Waals surface area contributed by atoms with E-state index < -0.39 is 0 Å². The lowest BCUT2D eigenvalue weighted by Crippen LogP contribution is -2.13. The van der Waals surface area contributed by atoms with Crippen molar-refractivity contribution in [1.29, 1.82) is 0 Å². The number of hydrogen-bond acceptors (Lipinski definition) is 7. The largest absolute Gasteiger partial charge is 0.451 e. The van der Waals surface area contributed by atoms with Crippen molar-refractivity contribution in [1.82, 2.24) is 24.7 Å². The van der Waals surface area contributed by atoms with Crippen LogP contribution in [0.25, 0.3) is 22.0 Å². The first-order valence-electron chi connectivity index (χ1n) is 9.61. The molecule has 0 aliphatic rings. The Kier molecular flexibility index (Phi) is 4.87. The molecule has 1 aromatic carbocycles. The highest BCUT2D eigenvalue weighted by Crippen LogP contribution is 2.31. The molecule has 154 valence electrons. The molecule has 0 saturated heterocycles. The highest BCUT2D eigenvalue weighted by molar-refractivity contribution is 7.98. The van der Waals surface area contributed by atoms with E-state index in [1.54, 1.807) is 29.3 Å². The maximum atomic E-state index is 13.1. The highest BCUT2D eigenvalue weighted by atomic mass is 32.2. The smallest absolute Gasteiger partial charge is 0.291 e. The fourth-order valence-electron chi connectivity index (χ4n) is 3.49. The molecule has 0 radical (unpaired) electrons. The van der Waals surface area contributed by atoms with Crippen molar-refractivity contribution in [2.24, 2.45) is 7.05 Å². The van der Waals surface area contributed by atoms with E-state index in [0.29, 0.717) is 22.2 Å². The molecule has 0 aliphatic heterocycles. The van der Waals surface area contributed by atoms with Crippen LogP contribution < -0.4 is 5.32 Å². The third-order valence-corrected chi connectivity index (χ3v) is 5.82. The van der Waals surface area contributed by atoms with Gasteiger partial charge in [-0.2, -0.15) is 5.10 Å². The van der Waals surface area contributed by atoms with Gasteiger partial charge < -0.3 is 9.73 Å². The number of nitrogens with zero attached hydrogens (tertiary/aromatic N) is 5. The second-order valence-electron chi connectivity index (χ2n) is 6.98. The van der Waals surface area contributed by atoms with Crippen molar-refractivity contribution < 1.29 is 9.21 Å². The molecule has 0 unspecified atom stereocenters. The molecule has 0 saturated carbocycles. The second kappa shape index (κ2) is 7.84. The number of hydrogen-bond donors (Lipinski definition) is 1. The zero-order valence-corrected chi connectivity index (χ0v) is 17.7. The van der Waals surface area contributed by atoms with Gasteiger partial charge >= 0.3 is 0 Å². The molecule has 0 bridgehead atoms. The lowest BCUT2D eigenvalue weighted by atomic mass is 10.1. The first kappa shape index (κ1) is 19.3. The fraction of sp³-hybridized carbons (Fsp3) is 0.136. The molecule has 9 heteroatoms. The molecule has 0 atom stereocenters. The number of nitrogens with one attached hydrogen (secondary N) is 1. The van der Waals surface area contributed by atoms with Gasteiger partial charge in [-0.25, -0.2) is 15.0 Å². The van der Waals surface area contributed by atoms with Gasteiger partial charge in [-0.05, 0) is 25.1 Å². The summed E-state index contributed by atoms with van der Waals surface area (Å²) in [4.78, 5) is 26.1. The SMILES string of the molecule is Cc1nn(C)c2ncc(NC(=O)c3oc4ccccc4c3CSc3ncccn3)cc12. The summed E-state index contributed by atoms with van der Waals surface area (Å²) < 4.78 is 7.65. The van der Waals surface area contributed by atoms with Gasteiger partial charge in [0.15, 0.2) is 16.6 Å². The summed E-state index contributed by atoms with van der Waals surface area (Å²) in [6, 6.07) is 11.3. The van der Waals surface area contributed by atoms with Crippen molar-refractivity contribution in [3.05, 3.63) is 72.0 Å². The molecule has 0 fully saturated rings. The van der Waals surface area contributed by atoms with E-state index >= 15 is 0 Å². The quantitative estimate of drug-likeness (QED) is 0.327. The molecule has 1 N–H and O–H groups in total. The fourth-order valence-corrected chi connectivity index (χ4v) is 4.32. The zero-order valence-electron chi connectivity index (χ0n) is 16.9. The van der Waals surface area contributed by atoms with Crippen LogP contribution in [0.1, 0.15) is 21.8 Å². The van der Waals surface area contributed by atoms with Crippen LogP contribution in [-0.2, 0) is 12.8 Å². The van der Waals surface area contributed by atoms with Crippen LogP contribution >= 0.6 is 11.8 Å². The molecule has 5 aromatic rings. The molecule has 8 nitrogen and oxygen atoms in total. The van der Waals surface area contributed by atoms with Gasteiger partial charge in [0.2, 0.25) is 0 Å². The van der Waals surface area contributed by atoms with E-state index in [2.05, 4.69) is 25.4 Å². The summed E-state index contributed by atoms with van der Waals surface area (Å²) in [7, 11) is 1.84. The summed E-state index contributed by atoms with van der Waals surface area (Å²) >= 11 is 1.45. The summed E-state index contributed by atoms with van der Waals surface area (Å²) in [6.07, 6.45) is 5.01. The van der Waals surface area contributed by atoms with Crippen LogP contribution in [0.3, 0.4) is 0 Å². The van der Waals surface area contributed by atoms with Crippen molar-refractivity contribution in [2.45, 2.75) is 17.8 Å². The lowest BCUT2D eigenvalue weighted by molar-refractivity contribution is 0.0998. The summed E-state index contributed by atoms with van der Waals surface area (Å²) in [5, 5.41) is 9.71. The van der Waals surface area contributed by atoms with E-state index in [1.165, 1.54) is 11.8 Å². The standard InChI is InChI=1S/C22H18N6O2S/c1-13-16-10-14(11-25-20(16)28(2)27-13)26-21(29)19-17(12-31-22-23-8-5-9-24-22)15-6-3-4-7-18(15)30-19/h3-11H,12H2,1-2H3,(H,26,29). The van der Waals surface area contributed by atoms with E-state index in [0.717, 1.165) is 27.7 Å². The minimum absolute atomic E-state index is 0.271. The zero-order chi connectivity index (χ0) is 21.4. The molecule has 0 spiro atoms. The van der Waals surface area contributed by atoms with Crippen molar-refractivity contribution in [3.8, 4) is 0 Å². The van der Waals surface area contributed by atoms with Gasteiger partial charge in [0, 0.05) is 41.5 Å². The van der Waals surface area contributed by atoms with Crippen LogP contribution in [0.2, 0.25) is 0 Å². The number of furan rings is 1. The maximum absolute atomic E-state index is 13.1. The maximum Gasteiger partial charge on any atom is 0.291 e. The molecular formula is C22H18N6O2S. The minimum Gasteiger partial charge on any atom is -0.451 e. The Morgan fingerprint density at radius 1 is 1.13 bits per heavy atom. The number of thioether (sulfide) groups is 1. The predicted octanol–water partition coefficient (Wildman–Crippen LogP) is 4.36. The molecule has 4 heterocycles. The van der Waals surface area contributed by atoms with Crippen molar-refractivity contribution in [3.63, 3.8) is 0 Å². The Bertz CT molecular complexity index is 1410. The van der Waals surface area contributed by atoms with Gasteiger partial charge in [-0.15, -0.1) is 0 Å². The number of fused-ring (bicyclic) bond motifs is 2. The Hall–Kier alpha value is -3.72. The van der Waals surface area contributed by atoms with Crippen LogP contribution in [0, 0.1) is 6.92 Å². The second-order valence-corrected chi connectivity index (χ2v) is 7.93. The molecule has 4 aromatic heterocycles. The number of para-hydroxylation sites is 1. The summed E-state index contributed by atoms with van der Waals surface area (Å²) in [6.45, 7) is 1.91. The van der Waals surface area contributed by atoms with E-state index in [-0.39, 0.29) is 11.7 Å². The molecule has 0 aliphatic carbocycles. The number of aromatic nitrogens is 5. The third-order valence-electron chi connectivity index (χ3n) is 4.91. The number of carbonyl (C=O) groups is 1. The number of rotatable bonds is 5. The Morgan fingerprint density at radius 3 is 2.77 bits per heavy atom. The van der Waals surface area contributed by atoms with Crippen LogP contribution in [0.5, 0.6) is 0 Å². The number of anilines is 1. The number of amides is 1. The molecule has 31 heavy (non-hydrogen) atoms. The van der Waals surface area contributed by atoms with Gasteiger partial charge in [-0.1, -0.05) is 30.0 Å². The average molecular weight is 430 g/mol. The van der Waals surface area contributed by atoms with Gasteiger partial charge in [0.1, 0.15) is 5.58 Å². The number of pyridine rings is 1. The van der Waals surface area contributed by atoms with Crippen LogP contribution in [-0.4, -0.2) is 30.6 Å². The van der Waals surface area contributed by atoms with Crippen LogP contribution in [0.15, 0.2) is 64.6 Å². The average Bonchev–Trinajstić information content (AvgIpc) is 3.30. The Labute approximate surface area is 181 Å². The van der Waals surface area contributed by atoms with E-state index in [9.17, 15) is 4.79 Å². The first-order valence-corrected chi connectivity index (χ1v) is 10.6. The minimum atomic E-state index is -0.330. The molecule has 1 amide bonds. The Balaban J connectivity index is 1.47. The number of aryl methyl sites for hydroxylation is 2. The van der Waals surface area contributed by atoms with Crippen LogP contribution in [0.4, 0.5) is 5.69 Å². The molecular weight excluding hydrogens is 412 g/mol. The summed E-state index contributed by atoms with van der Waals surface area (Å²) in [5.41, 5.74) is 3.66. The predicted molar refractivity (Wildman–Crippen MR) is 119 cm³/mol. The monoisotopic (exact) mass is 430 g/mol. The number of carbonyl (C=O) groups excluding carboxylic acids is 1. The summed E-state index contributed by atoms with van der Waals surface area (Å²) in [5.74, 6) is 0.444. The first-order chi connectivity index (χ1) is 15.1.